The summed E-state index contributed by atoms with van der Waals surface area (Å²) in [6.45, 7) is 9.21. The third-order valence-electron chi connectivity index (χ3n) is 4.33. The van der Waals surface area contributed by atoms with Gasteiger partial charge >= 0.3 is 0 Å². The molecule has 6 heteroatoms. The van der Waals surface area contributed by atoms with E-state index in [0.717, 1.165) is 28.5 Å². The zero-order valence-corrected chi connectivity index (χ0v) is 16.9. The number of aryl methyl sites for hydroxylation is 4. The highest BCUT2D eigenvalue weighted by Gasteiger charge is 2.30. The highest BCUT2D eigenvalue weighted by molar-refractivity contribution is 7.92. The van der Waals surface area contributed by atoms with E-state index in [1.807, 2.05) is 58.0 Å². The average Bonchev–Trinajstić information content (AvgIpc) is 2.52. The van der Waals surface area contributed by atoms with Crippen LogP contribution in [0.15, 0.2) is 36.4 Å². The summed E-state index contributed by atoms with van der Waals surface area (Å²) in [7, 11) is -3.64. The van der Waals surface area contributed by atoms with E-state index in [2.05, 4.69) is 5.32 Å². The largest absolute Gasteiger partial charge is 0.324 e. The van der Waals surface area contributed by atoms with Crippen molar-refractivity contribution < 1.29 is 13.2 Å². The molecular formula is C20H26N2O3S. The predicted molar refractivity (Wildman–Crippen MR) is 107 cm³/mol. The molecule has 1 N–H and O–H groups in total. The molecule has 0 radical (unpaired) electrons. The van der Waals surface area contributed by atoms with Crippen LogP contribution in [0.25, 0.3) is 0 Å². The summed E-state index contributed by atoms with van der Waals surface area (Å²) in [6.07, 6.45) is 1.12. The van der Waals surface area contributed by atoms with Gasteiger partial charge in [-0.05, 0) is 63.4 Å². The lowest BCUT2D eigenvalue weighted by molar-refractivity contribution is -0.116. The first kappa shape index (κ1) is 20.0. The van der Waals surface area contributed by atoms with Crippen molar-refractivity contribution in [3.05, 3.63) is 58.7 Å². The highest BCUT2D eigenvalue weighted by Crippen LogP contribution is 2.27. The summed E-state index contributed by atoms with van der Waals surface area (Å²) in [5.74, 6) is -0.372. The summed E-state index contributed by atoms with van der Waals surface area (Å²) in [5.41, 5.74) is 4.97. The average molecular weight is 375 g/mol. The van der Waals surface area contributed by atoms with Crippen molar-refractivity contribution in [1.82, 2.24) is 0 Å². The van der Waals surface area contributed by atoms with Crippen molar-refractivity contribution in [3.63, 3.8) is 0 Å². The molecule has 1 amide bonds. The standard InChI is InChI=1S/C20H26N2O3S/c1-13-8-10-18(16(4)11-13)21-20(23)17(5)22(26(6,24)25)19-12-14(2)7-9-15(19)3/h7-12,17H,1-6H3,(H,21,23)/t17-/m0/s1. The molecule has 0 unspecified atom stereocenters. The van der Waals surface area contributed by atoms with Gasteiger partial charge in [0.1, 0.15) is 6.04 Å². The number of hydrogen-bond acceptors (Lipinski definition) is 3. The van der Waals surface area contributed by atoms with Crippen LogP contribution in [0.4, 0.5) is 11.4 Å². The molecule has 0 saturated heterocycles. The number of benzene rings is 2. The first-order chi connectivity index (χ1) is 12.0. The van der Waals surface area contributed by atoms with Crippen LogP contribution in [0.2, 0.25) is 0 Å². The number of anilines is 2. The van der Waals surface area contributed by atoms with Crippen LogP contribution >= 0.6 is 0 Å². The summed E-state index contributed by atoms with van der Waals surface area (Å²) in [5, 5.41) is 2.85. The van der Waals surface area contributed by atoms with E-state index in [0.29, 0.717) is 11.4 Å². The number of nitrogens with zero attached hydrogens (tertiary/aromatic N) is 1. The summed E-state index contributed by atoms with van der Waals surface area (Å²) >= 11 is 0. The topological polar surface area (TPSA) is 66.5 Å². The zero-order valence-electron chi connectivity index (χ0n) is 16.1. The van der Waals surface area contributed by atoms with E-state index < -0.39 is 16.1 Å². The Morgan fingerprint density at radius 1 is 0.962 bits per heavy atom. The highest BCUT2D eigenvalue weighted by atomic mass is 32.2. The minimum absolute atomic E-state index is 0.372. The Bertz CT molecular complexity index is 936. The lowest BCUT2D eigenvalue weighted by Crippen LogP contribution is -2.45. The maximum absolute atomic E-state index is 12.8. The minimum atomic E-state index is -3.64. The third kappa shape index (κ3) is 4.43. The van der Waals surface area contributed by atoms with Crippen LogP contribution in [0.5, 0.6) is 0 Å². The van der Waals surface area contributed by atoms with E-state index in [9.17, 15) is 13.2 Å². The van der Waals surface area contributed by atoms with Gasteiger partial charge in [-0.1, -0.05) is 29.8 Å². The Labute approximate surface area is 156 Å². The van der Waals surface area contributed by atoms with Gasteiger partial charge in [0.05, 0.1) is 11.9 Å². The van der Waals surface area contributed by atoms with Gasteiger partial charge in [-0.3, -0.25) is 9.10 Å². The van der Waals surface area contributed by atoms with Gasteiger partial charge in [0.25, 0.3) is 0 Å². The molecule has 0 fully saturated rings. The second-order valence-electron chi connectivity index (χ2n) is 6.83. The van der Waals surface area contributed by atoms with E-state index >= 15 is 0 Å². The van der Waals surface area contributed by atoms with Crippen molar-refractivity contribution in [1.29, 1.82) is 0 Å². The second-order valence-corrected chi connectivity index (χ2v) is 8.69. The molecule has 140 valence electrons. The van der Waals surface area contributed by atoms with Crippen molar-refractivity contribution in [2.45, 2.75) is 40.7 Å². The van der Waals surface area contributed by atoms with Gasteiger partial charge in [0.2, 0.25) is 15.9 Å². The van der Waals surface area contributed by atoms with Gasteiger partial charge in [-0.15, -0.1) is 0 Å². The Hall–Kier alpha value is -2.34. The molecule has 2 aromatic rings. The summed E-state index contributed by atoms with van der Waals surface area (Å²) in [4.78, 5) is 12.8. The molecule has 0 aliphatic heterocycles. The van der Waals surface area contributed by atoms with Crippen LogP contribution in [0, 0.1) is 27.7 Å². The smallest absolute Gasteiger partial charge is 0.248 e. The Morgan fingerprint density at radius 3 is 2.12 bits per heavy atom. The number of rotatable bonds is 5. The molecular weight excluding hydrogens is 348 g/mol. The molecule has 0 heterocycles. The van der Waals surface area contributed by atoms with E-state index in [1.54, 1.807) is 13.0 Å². The lowest BCUT2D eigenvalue weighted by Gasteiger charge is -2.30. The van der Waals surface area contributed by atoms with Crippen molar-refractivity contribution in [2.24, 2.45) is 0 Å². The summed E-state index contributed by atoms with van der Waals surface area (Å²) < 4.78 is 26.1. The molecule has 1 atom stereocenters. The monoisotopic (exact) mass is 374 g/mol. The number of carbonyl (C=O) groups excluding carboxylic acids is 1. The fourth-order valence-corrected chi connectivity index (χ4v) is 4.15. The second kappa shape index (κ2) is 7.50. The molecule has 2 aromatic carbocycles. The quantitative estimate of drug-likeness (QED) is 0.867. The number of carbonyl (C=O) groups is 1. The molecule has 0 aliphatic rings. The molecule has 0 saturated carbocycles. The number of nitrogens with one attached hydrogen (secondary N) is 1. The first-order valence-corrected chi connectivity index (χ1v) is 10.3. The fourth-order valence-electron chi connectivity index (χ4n) is 2.93. The molecule has 5 nitrogen and oxygen atoms in total. The Balaban J connectivity index is 2.39. The molecule has 0 spiro atoms. The third-order valence-corrected chi connectivity index (χ3v) is 5.56. The SMILES string of the molecule is Cc1ccc(NC(=O)[C@H](C)N(c2cc(C)ccc2C)S(C)(=O)=O)c(C)c1. The fraction of sp³-hybridized carbons (Fsp3) is 0.350. The van der Waals surface area contributed by atoms with Crippen LogP contribution in [-0.2, 0) is 14.8 Å². The number of hydrogen-bond donors (Lipinski definition) is 1. The maximum atomic E-state index is 12.8. The zero-order chi connectivity index (χ0) is 19.6. The van der Waals surface area contributed by atoms with E-state index in [1.165, 1.54) is 4.31 Å². The van der Waals surface area contributed by atoms with Crippen LogP contribution < -0.4 is 9.62 Å². The van der Waals surface area contributed by atoms with Crippen molar-refractivity contribution >= 4 is 27.3 Å². The van der Waals surface area contributed by atoms with Crippen LogP contribution in [0.1, 0.15) is 29.2 Å². The Morgan fingerprint density at radius 2 is 1.54 bits per heavy atom. The van der Waals surface area contributed by atoms with E-state index in [-0.39, 0.29) is 5.91 Å². The predicted octanol–water partition coefficient (Wildman–Crippen LogP) is 3.71. The summed E-state index contributed by atoms with van der Waals surface area (Å²) in [6, 6.07) is 10.4. The van der Waals surface area contributed by atoms with Gasteiger partial charge in [0.15, 0.2) is 0 Å². The van der Waals surface area contributed by atoms with Gasteiger partial charge < -0.3 is 5.32 Å². The first-order valence-electron chi connectivity index (χ1n) is 8.45. The minimum Gasteiger partial charge on any atom is -0.324 e. The lowest BCUT2D eigenvalue weighted by atomic mass is 10.1. The van der Waals surface area contributed by atoms with Gasteiger partial charge in [0, 0.05) is 5.69 Å². The number of sulfonamides is 1. The molecule has 2 rings (SSSR count). The van der Waals surface area contributed by atoms with Gasteiger partial charge in [-0.2, -0.15) is 0 Å². The Kier molecular flexibility index (Phi) is 5.76. The van der Waals surface area contributed by atoms with E-state index in [4.69, 9.17) is 0 Å². The van der Waals surface area contributed by atoms with Crippen LogP contribution in [0.3, 0.4) is 0 Å². The van der Waals surface area contributed by atoms with Crippen molar-refractivity contribution in [3.8, 4) is 0 Å². The maximum Gasteiger partial charge on any atom is 0.248 e. The number of amides is 1. The van der Waals surface area contributed by atoms with Crippen molar-refractivity contribution in [2.75, 3.05) is 15.9 Å². The molecule has 0 aliphatic carbocycles. The molecule has 0 aromatic heterocycles. The molecule has 0 bridgehead atoms. The van der Waals surface area contributed by atoms with Gasteiger partial charge in [-0.25, -0.2) is 8.42 Å². The van der Waals surface area contributed by atoms with Crippen LogP contribution in [-0.4, -0.2) is 26.6 Å². The normalized spacial score (nSPS) is 12.5. The molecule has 26 heavy (non-hydrogen) atoms.